The molecular formula is C17H22N2O3. The minimum Gasteiger partial charge on any atom is -0.496 e. The Bertz CT molecular complexity index is 565. The van der Waals surface area contributed by atoms with Gasteiger partial charge in [0.15, 0.2) is 0 Å². The van der Waals surface area contributed by atoms with Gasteiger partial charge in [0.05, 0.1) is 13.2 Å². The second-order valence-corrected chi connectivity index (χ2v) is 6.10. The fourth-order valence-corrected chi connectivity index (χ4v) is 2.52. The fraction of sp³-hybridized carbons (Fsp3) is 0.529. The monoisotopic (exact) mass is 302 g/mol. The summed E-state index contributed by atoms with van der Waals surface area (Å²) in [4.78, 5) is 24.0. The van der Waals surface area contributed by atoms with E-state index < -0.39 is 0 Å². The Hall–Kier alpha value is -2.04. The lowest BCUT2D eigenvalue weighted by molar-refractivity contribution is -0.124. The van der Waals surface area contributed by atoms with Crippen LogP contribution < -0.4 is 15.4 Å². The first-order valence-electron chi connectivity index (χ1n) is 7.90. The number of rotatable bonds is 7. The van der Waals surface area contributed by atoms with Crippen LogP contribution >= 0.6 is 0 Å². The number of hydrogen-bond donors (Lipinski definition) is 2. The van der Waals surface area contributed by atoms with Gasteiger partial charge < -0.3 is 15.4 Å². The first-order valence-corrected chi connectivity index (χ1v) is 7.90. The molecule has 22 heavy (non-hydrogen) atoms. The molecule has 1 aromatic carbocycles. The molecule has 5 heteroatoms. The smallest absolute Gasteiger partial charge is 0.223 e. The summed E-state index contributed by atoms with van der Waals surface area (Å²) in [6.07, 6.45) is 3.86. The zero-order valence-electron chi connectivity index (χ0n) is 12.8. The van der Waals surface area contributed by atoms with Crippen molar-refractivity contribution in [1.29, 1.82) is 0 Å². The van der Waals surface area contributed by atoms with E-state index in [9.17, 15) is 9.59 Å². The van der Waals surface area contributed by atoms with Gasteiger partial charge in [0.1, 0.15) is 5.75 Å². The van der Waals surface area contributed by atoms with Crippen molar-refractivity contribution in [3.63, 3.8) is 0 Å². The Morgan fingerprint density at radius 2 is 1.77 bits per heavy atom. The molecule has 2 aliphatic rings. The number of para-hydroxylation sites is 1. The quantitative estimate of drug-likeness (QED) is 0.807. The molecule has 2 amide bonds. The summed E-state index contributed by atoms with van der Waals surface area (Å²) < 4.78 is 5.39. The zero-order chi connectivity index (χ0) is 15.5. The Balaban J connectivity index is 1.71. The molecule has 0 bridgehead atoms. The molecule has 3 rings (SSSR count). The Morgan fingerprint density at radius 3 is 2.41 bits per heavy atom. The van der Waals surface area contributed by atoms with E-state index in [4.69, 9.17) is 4.74 Å². The number of hydrogen-bond acceptors (Lipinski definition) is 3. The first-order chi connectivity index (χ1) is 10.7. The van der Waals surface area contributed by atoms with Crippen LogP contribution in [0.1, 0.15) is 37.3 Å². The predicted molar refractivity (Wildman–Crippen MR) is 82.3 cm³/mol. The fourth-order valence-electron chi connectivity index (χ4n) is 2.52. The maximum absolute atomic E-state index is 12.1. The third-order valence-electron chi connectivity index (χ3n) is 4.21. The van der Waals surface area contributed by atoms with Crippen molar-refractivity contribution < 1.29 is 14.3 Å². The topological polar surface area (TPSA) is 67.4 Å². The van der Waals surface area contributed by atoms with Crippen molar-refractivity contribution in [3.8, 4) is 5.75 Å². The number of ether oxygens (including phenoxy) is 1. The Kier molecular flexibility index (Phi) is 4.32. The van der Waals surface area contributed by atoms with Crippen molar-refractivity contribution in [3.05, 3.63) is 29.8 Å². The molecular weight excluding hydrogens is 280 g/mol. The van der Waals surface area contributed by atoms with Gasteiger partial charge in [-0.3, -0.25) is 9.59 Å². The SMILES string of the molecule is COc1ccccc1[C@H](CNC(=O)C1CC1)NC(=O)C1CC1. The van der Waals surface area contributed by atoms with Crippen LogP contribution in [0.5, 0.6) is 5.75 Å². The number of nitrogens with one attached hydrogen (secondary N) is 2. The van der Waals surface area contributed by atoms with E-state index in [1.165, 1.54) is 0 Å². The summed E-state index contributed by atoms with van der Waals surface area (Å²) in [5.41, 5.74) is 0.898. The summed E-state index contributed by atoms with van der Waals surface area (Å²) in [6.45, 7) is 0.397. The molecule has 0 unspecified atom stereocenters. The number of amides is 2. The second kappa shape index (κ2) is 6.38. The van der Waals surface area contributed by atoms with E-state index >= 15 is 0 Å². The van der Waals surface area contributed by atoms with E-state index in [0.717, 1.165) is 37.0 Å². The molecule has 2 aliphatic carbocycles. The van der Waals surface area contributed by atoms with Gasteiger partial charge in [-0.2, -0.15) is 0 Å². The third kappa shape index (κ3) is 3.59. The van der Waals surface area contributed by atoms with Gasteiger partial charge in [-0.25, -0.2) is 0 Å². The van der Waals surface area contributed by atoms with Crippen LogP contribution in [0, 0.1) is 11.8 Å². The molecule has 2 saturated carbocycles. The van der Waals surface area contributed by atoms with Gasteiger partial charge in [-0.05, 0) is 31.7 Å². The Morgan fingerprint density at radius 1 is 1.14 bits per heavy atom. The molecule has 0 heterocycles. The summed E-state index contributed by atoms with van der Waals surface area (Å²) >= 11 is 0. The minimum absolute atomic E-state index is 0.0663. The molecule has 0 spiro atoms. The molecule has 1 aromatic rings. The van der Waals surface area contributed by atoms with Crippen molar-refractivity contribution in [2.75, 3.05) is 13.7 Å². The van der Waals surface area contributed by atoms with Gasteiger partial charge in [0, 0.05) is 23.9 Å². The third-order valence-corrected chi connectivity index (χ3v) is 4.21. The Labute approximate surface area is 130 Å². The molecule has 2 fully saturated rings. The highest BCUT2D eigenvalue weighted by Gasteiger charge is 2.33. The van der Waals surface area contributed by atoms with Gasteiger partial charge in [0.25, 0.3) is 0 Å². The lowest BCUT2D eigenvalue weighted by Gasteiger charge is -2.22. The number of carbonyl (C=O) groups excluding carboxylic acids is 2. The van der Waals surface area contributed by atoms with Gasteiger partial charge in [-0.15, -0.1) is 0 Å². The minimum atomic E-state index is -0.257. The average molecular weight is 302 g/mol. The maximum Gasteiger partial charge on any atom is 0.223 e. The van der Waals surface area contributed by atoms with Crippen molar-refractivity contribution >= 4 is 11.8 Å². The normalized spacial score (nSPS) is 18.4. The summed E-state index contributed by atoms with van der Waals surface area (Å²) in [7, 11) is 1.61. The first kappa shape index (κ1) is 14.9. The number of methoxy groups -OCH3 is 1. The molecule has 0 saturated heterocycles. The summed E-state index contributed by atoms with van der Waals surface area (Å²) in [5.74, 6) is 1.18. The summed E-state index contributed by atoms with van der Waals surface area (Å²) in [5, 5.41) is 6.00. The molecule has 5 nitrogen and oxygen atoms in total. The summed E-state index contributed by atoms with van der Waals surface area (Å²) in [6, 6.07) is 7.35. The predicted octanol–water partition coefficient (Wildman–Crippen LogP) is 1.79. The van der Waals surface area contributed by atoms with E-state index in [1.54, 1.807) is 7.11 Å². The molecule has 2 N–H and O–H groups in total. The van der Waals surface area contributed by atoms with E-state index in [2.05, 4.69) is 10.6 Å². The van der Waals surface area contributed by atoms with E-state index in [1.807, 2.05) is 24.3 Å². The molecule has 118 valence electrons. The van der Waals surface area contributed by atoms with Crippen molar-refractivity contribution in [1.82, 2.24) is 10.6 Å². The lowest BCUT2D eigenvalue weighted by atomic mass is 10.0. The van der Waals surface area contributed by atoms with Crippen LogP contribution in [-0.4, -0.2) is 25.5 Å². The van der Waals surface area contributed by atoms with Crippen molar-refractivity contribution in [2.24, 2.45) is 11.8 Å². The average Bonchev–Trinajstić information content (AvgIpc) is 3.42. The largest absolute Gasteiger partial charge is 0.496 e. The highest BCUT2D eigenvalue weighted by molar-refractivity contribution is 5.82. The highest BCUT2D eigenvalue weighted by atomic mass is 16.5. The van der Waals surface area contributed by atoms with Crippen LogP contribution in [-0.2, 0) is 9.59 Å². The second-order valence-electron chi connectivity index (χ2n) is 6.10. The number of benzene rings is 1. The van der Waals surface area contributed by atoms with Gasteiger partial charge in [0.2, 0.25) is 11.8 Å². The molecule has 0 aliphatic heterocycles. The molecule has 0 aromatic heterocycles. The van der Waals surface area contributed by atoms with Crippen LogP contribution in [0.3, 0.4) is 0 Å². The zero-order valence-corrected chi connectivity index (χ0v) is 12.8. The van der Waals surface area contributed by atoms with Crippen molar-refractivity contribution in [2.45, 2.75) is 31.7 Å². The standard InChI is InChI=1S/C17H22N2O3/c1-22-15-5-3-2-4-13(15)14(19-17(21)12-8-9-12)10-18-16(20)11-6-7-11/h2-5,11-12,14H,6-10H2,1H3,(H,18,20)(H,19,21)/t14-/m0/s1. The maximum atomic E-state index is 12.1. The van der Waals surface area contributed by atoms with Gasteiger partial charge >= 0.3 is 0 Å². The molecule has 1 atom stereocenters. The molecule has 0 radical (unpaired) electrons. The van der Waals surface area contributed by atoms with Crippen LogP contribution in [0.15, 0.2) is 24.3 Å². The van der Waals surface area contributed by atoms with Crippen LogP contribution in [0.2, 0.25) is 0 Å². The van der Waals surface area contributed by atoms with Crippen LogP contribution in [0.4, 0.5) is 0 Å². The van der Waals surface area contributed by atoms with Gasteiger partial charge in [-0.1, -0.05) is 18.2 Å². The highest BCUT2D eigenvalue weighted by Crippen LogP contribution is 2.32. The number of carbonyl (C=O) groups is 2. The lowest BCUT2D eigenvalue weighted by Crippen LogP contribution is -2.39. The van der Waals surface area contributed by atoms with Crippen LogP contribution in [0.25, 0.3) is 0 Å². The van der Waals surface area contributed by atoms with E-state index in [-0.39, 0.29) is 29.7 Å². The van der Waals surface area contributed by atoms with E-state index in [0.29, 0.717) is 6.54 Å².